The lowest BCUT2D eigenvalue weighted by Crippen LogP contribution is -2.71. The number of nitrogens with zero attached hydrogens (tertiary/aromatic N) is 12. The van der Waals surface area contributed by atoms with Crippen molar-refractivity contribution in [2.24, 2.45) is 10.8 Å². The quantitative estimate of drug-likeness (QED) is 0.143. The van der Waals surface area contributed by atoms with E-state index in [0.29, 0.717) is 38.8 Å². The predicted octanol–water partition coefficient (Wildman–Crippen LogP) is 5.81. The van der Waals surface area contributed by atoms with Crippen LogP contribution >= 0.6 is 0 Å². The van der Waals surface area contributed by atoms with Crippen molar-refractivity contribution in [2.45, 2.75) is 68.6 Å². The number of nitrogen functional groups attached to an aromatic ring is 1. The minimum absolute atomic E-state index is 0.0568. The van der Waals surface area contributed by atoms with E-state index < -0.39 is 10.8 Å². The number of pyridine rings is 2. The average Bonchev–Trinajstić information content (AvgIpc) is 4.05. The van der Waals surface area contributed by atoms with E-state index in [1.165, 1.54) is 69.2 Å². The molecule has 6 fully saturated rings. The number of nitrogens with one attached hydrogen (secondary N) is 1. The molecule has 2 spiro atoms. The van der Waals surface area contributed by atoms with Crippen molar-refractivity contribution >= 4 is 61.6 Å². The van der Waals surface area contributed by atoms with Gasteiger partial charge in [0.05, 0.1) is 10.8 Å². The maximum atomic E-state index is 12.9. The van der Waals surface area contributed by atoms with Gasteiger partial charge < -0.3 is 30.7 Å². The summed E-state index contributed by atoms with van der Waals surface area (Å²) >= 11 is 0. The number of hydrogen-bond acceptors (Lipinski definition) is 15. The van der Waals surface area contributed by atoms with Crippen molar-refractivity contribution < 1.29 is 4.21 Å². The van der Waals surface area contributed by atoms with Crippen molar-refractivity contribution in [3.8, 4) is 12.1 Å². The minimum Gasteiger partial charge on any atom is -0.399 e. The second-order valence-corrected chi connectivity index (χ2v) is 21.5. The molecule has 12 rings (SSSR count). The zero-order valence-electron chi connectivity index (χ0n) is 39.5. The molecule has 1 atom stereocenters. The Kier molecular flexibility index (Phi) is 12.4. The largest absolute Gasteiger partial charge is 0.399 e. The molecule has 2 aliphatic carbocycles. The van der Waals surface area contributed by atoms with Crippen LogP contribution in [-0.2, 0) is 10.8 Å². The molecule has 69 heavy (non-hydrogen) atoms. The molecule has 4 aliphatic heterocycles. The third kappa shape index (κ3) is 9.16. The monoisotopic (exact) mass is 946 g/mol. The molecule has 17 nitrogen and oxygen atoms in total. The number of rotatable bonds is 7. The first-order valence-electron chi connectivity index (χ1n) is 23.9. The van der Waals surface area contributed by atoms with Crippen molar-refractivity contribution in [3.63, 3.8) is 0 Å². The average molecular weight is 947 g/mol. The Balaban J connectivity index is 0.000000131. The lowest BCUT2D eigenvalue weighted by atomic mass is 9.73. The predicted molar refractivity (Wildman–Crippen MR) is 269 cm³/mol. The van der Waals surface area contributed by atoms with E-state index in [-0.39, 0.29) is 39.5 Å². The highest BCUT2D eigenvalue weighted by molar-refractivity contribution is 7.84. The molecule has 18 heteroatoms. The van der Waals surface area contributed by atoms with Gasteiger partial charge in [-0.2, -0.15) is 15.5 Å². The summed E-state index contributed by atoms with van der Waals surface area (Å²) in [7, 11) is 3.06. The van der Waals surface area contributed by atoms with E-state index >= 15 is 0 Å². The highest BCUT2D eigenvalue weighted by atomic mass is 32.2. The normalized spacial score (nSPS) is 19.8. The Morgan fingerprint density at radius 2 is 1.09 bits per heavy atom. The third-order valence-electron chi connectivity index (χ3n) is 14.7. The van der Waals surface area contributed by atoms with Gasteiger partial charge in [-0.3, -0.25) is 22.9 Å². The third-order valence-corrected chi connectivity index (χ3v) is 15.4. The highest BCUT2D eigenvalue weighted by Crippen LogP contribution is 2.42. The van der Waals surface area contributed by atoms with E-state index in [2.05, 4.69) is 78.2 Å². The van der Waals surface area contributed by atoms with Crippen LogP contribution in [0.3, 0.4) is 0 Å². The molecule has 4 saturated heterocycles. The molecule has 3 N–H and O–H groups in total. The number of likely N-dealkylation sites (tertiary alicyclic amines) is 2. The van der Waals surface area contributed by atoms with Crippen LogP contribution in [0.15, 0.2) is 87.8 Å². The topological polar surface area (TPSA) is 211 Å². The van der Waals surface area contributed by atoms with Crippen molar-refractivity contribution in [1.82, 2.24) is 38.9 Å². The fraction of sp³-hybridized carbons (Fsp3) is 0.451. The lowest BCUT2D eigenvalue weighted by Gasteiger charge is -2.60. The van der Waals surface area contributed by atoms with Crippen molar-refractivity contribution in [2.75, 3.05) is 93.6 Å². The van der Waals surface area contributed by atoms with Gasteiger partial charge in [-0.05, 0) is 100 Å². The summed E-state index contributed by atoms with van der Waals surface area (Å²) in [6, 6.07) is 23.8. The van der Waals surface area contributed by atoms with Gasteiger partial charge in [-0.25, -0.2) is 15.0 Å². The second-order valence-electron chi connectivity index (χ2n) is 20.2. The van der Waals surface area contributed by atoms with Gasteiger partial charge in [0.25, 0.3) is 11.1 Å². The number of nitriles is 2. The van der Waals surface area contributed by atoms with Gasteiger partial charge in [0.1, 0.15) is 34.6 Å². The van der Waals surface area contributed by atoms with Gasteiger partial charge in [0.2, 0.25) is 11.1 Å². The fourth-order valence-corrected chi connectivity index (χ4v) is 12.1. The van der Waals surface area contributed by atoms with Crippen LogP contribution in [-0.4, -0.2) is 116 Å². The first-order chi connectivity index (χ1) is 33.3. The van der Waals surface area contributed by atoms with Crippen LogP contribution in [0.2, 0.25) is 0 Å². The Morgan fingerprint density at radius 1 is 0.652 bits per heavy atom. The van der Waals surface area contributed by atoms with E-state index in [1.54, 1.807) is 21.4 Å². The number of aromatic nitrogens is 6. The zero-order chi connectivity index (χ0) is 48.0. The summed E-state index contributed by atoms with van der Waals surface area (Å²) in [6.07, 6.45) is 12.7. The number of benzene rings is 2. The van der Waals surface area contributed by atoms with Crippen molar-refractivity contribution in [3.05, 3.63) is 105 Å². The summed E-state index contributed by atoms with van der Waals surface area (Å²) in [5, 5.41) is 23.4. The van der Waals surface area contributed by atoms with E-state index in [4.69, 9.17) is 16.0 Å². The molecule has 0 radical (unpaired) electrons. The van der Waals surface area contributed by atoms with Gasteiger partial charge in [0.15, 0.2) is 0 Å². The van der Waals surface area contributed by atoms with Gasteiger partial charge in [-0.15, -0.1) is 0 Å². The number of fused-ring (bicyclic) bond motifs is 2. The molecule has 6 aliphatic rings. The molecule has 356 valence electrons. The second kappa shape index (κ2) is 18.6. The van der Waals surface area contributed by atoms with Gasteiger partial charge in [0, 0.05) is 127 Å². The zero-order valence-corrected chi connectivity index (χ0v) is 40.3. The van der Waals surface area contributed by atoms with Crippen LogP contribution < -0.4 is 32.0 Å². The SMILES string of the molecule is CN1CC2(C1)CN(c1ccc(N)cc1)C2.CN1CC2(C1)CN(c1ccc(Nc3ncc4cc(C#N)c(=O)n(C5CCCC5)c4n3)cc1)C2.CS(=O)c1ncc2cc(C#N)c(=O)n(C3CCCC3)c2n1. The smallest absolute Gasteiger partial charge is 0.270 e. The Labute approximate surface area is 403 Å². The summed E-state index contributed by atoms with van der Waals surface area (Å²) < 4.78 is 14.9. The molecule has 4 aromatic heterocycles. The lowest BCUT2D eigenvalue weighted by molar-refractivity contribution is -0.00245. The van der Waals surface area contributed by atoms with E-state index in [1.807, 2.05) is 36.4 Å². The standard InChI is InChI=1S/C25H27N7O.C14H14N4O2S.C12H17N3/c1-30-13-25(14-30)15-31(16-25)20-8-6-19(7-9-20)28-24-27-12-18-10-17(11-26)23(33)32(22(18)29-24)21-4-2-3-5-21;1-21(20)14-16-8-10-6-9(7-15)13(19)18(12(10)17-14)11-4-2-3-5-11;1-14-6-12(7-14)8-15(9-12)11-4-2-10(13)3-5-11/h6-10,12,21H,2-5,13-16H2,1H3,(H,27,28,29);6,8,11H,2-5H2,1H3;2-5H,6-9,13H2,1H3. The van der Waals surface area contributed by atoms with Crippen LogP contribution in [0.25, 0.3) is 22.1 Å². The maximum Gasteiger partial charge on any atom is 0.270 e. The molecule has 0 amide bonds. The van der Waals surface area contributed by atoms with Crippen LogP contribution in [0.5, 0.6) is 0 Å². The summed E-state index contributed by atoms with van der Waals surface area (Å²) in [5.74, 6) is 0.450. The summed E-state index contributed by atoms with van der Waals surface area (Å²) in [5.41, 5.74) is 11.8. The van der Waals surface area contributed by atoms with Crippen LogP contribution in [0.1, 0.15) is 74.6 Å². The Morgan fingerprint density at radius 3 is 1.52 bits per heavy atom. The molecule has 2 aromatic carbocycles. The summed E-state index contributed by atoms with van der Waals surface area (Å²) in [4.78, 5) is 52.5. The number of nitrogens with two attached hydrogens (primary N) is 1. The molecular formula is C51H58N14O3S. The van der Waals surface area contributed by atoms with Gasteiger partial charge in [-0.1, -0.05) is 25.7 Å². The molecule has 1 unspecified atom stereocenters. The highest BCUT2D eigenvalue weighted by Gasteiger charge is 2.51. The van der Waals surface area contributed by atoms with E-state index in [0.717, 1.165) is 75.8 Å². The first kappa shape index (κ1) is 46.0. The van der Waals surface area contributed by atoms with Crippen LogP contribution in [0, 0.1) is 33.5 Å². The molecule has 2 saturated carbocycles. The fourth-order valence-electron chi connectivity index (χ4n) is 11.6. The molecule has 6 aromatic rings. The Bertz CT molecular complexity index is 3120. The summed E-state index contributed by atoms with van der Waals surface area (Å²) in [6.45, 7) is 9.59. The molecular weight excluding hydrogens is 889 g/mol. The first-order valence-corrected chi connectivity index (χ1v) is 25.5. The Hall–Kier alpha value is -6.73. The molecule has 8 heterocycles. The van der Waals surface area contributed by atoms with Crippen LogP contribution in [0.4, 0.5) is 28.7 Å². The van der Waals surface area contributed by atoms with E-state index in [9.17, 15) is 19.1 Å². The molecule has 0 bridgehead atoms. The minimum atomic E-state index is -1.31. The number of anilines is 5. The number of hydrogen-bond donors (Lipinski definition) is 2. The van der Waals surface area contributed by atoms with Gasteiger partial charge >= 0.3 is 0 Å². The maximum absolute atomic E-state index is 12.9. The van der Waals surface area contributed by atoms with Crippen molar-refractivity contribution in [1.29, 1.82) is 10.5 Å².